The minimum atomic E-state index is -3.73. The van der Waals surface area contributed by atoms with Gasteiger partial charge in [0.2, 0.25) is 10.0 Å². The van der Waals surface area contributed by atoms with Crippen LogP contribution in [0.15, 0.2) is 53.4 Å². The molecular weight excluding hydrogens is 326 g/mol. The van der Waals surface area contributed by atoms with Gasteiger partial charge in [-0.25, -0.2) is 8.42 Å². The molecule has 0 bridgehead atoms. The van der Waals surface area contributed by atoms with E-state index in [4.69, 9.17) is 5.26 Å². The van der Waals surface area contributed by atoms with Gasteiger partial charge in [-0.15, -0.1) is 0 Å². The van der Waals surface area contributed by atoms with Crippen molar-refractivity contribution in [2.75, 3.05) is 6.54 Å². The third kappa shape index (κ3) is 4.65. The maximum atomic E-state index is 12.1. The quantitative estimate of drug-likeness (QED) is 0.780. The van der Waals surface area contributed by atoms with Crippen molar-refractivity contribution in [2.45, 2.75) is 18.4 Å². The molecule has 0 aromatic heterocycles. The van der Waals surface area contributed by atoms with Crippen molar-refractivity contribution in [1.82, 2.24) is 10.0 Å². The molecule has 6 nitrogen and oxygen atoms in total. The smallest absolute Gasteiger partial charge is 0.251 e. The molecular formula is C17H17N3O3S. The minimum Gasteiger partial charge on any atom is -0.348 e. The molecule has 0 atom stereocenters. The van der Waals surface area contributed by atoms with Crippen LogP contribution in [0.25, 0.3) is 0 Å². The van der Waals surface area contributed by atoms with Gasteiger partial charge in [-0.2, -0.15) is 9.98 Å². The molecule has 7 heteroatoms. The van der Waals surface area contributed by atoms with Gasteiger partial charge in [0, 0.05) is 12.1 Å². The van der Waals surface area contributed by atoms with Crippen molar-refractivity contribution in [1.29, 1.82) is 5.26 Å². The Labute approximate surface area is 141 Å². The van der Waals surface area contributed by atoms with Crippen LogP contribution in [0.5, 0.6) is 0 Å². The van der Waals surface area contributed by atoms with Gasteiger partial charge >= 0.3 is 0 Å². The summed E-state index contributed by atoms with van der Waals surface area (Å²) in [6.45, 7) is 2.08. The summed E-state index contributed by atoms with van der Waals surface area (Å²) in [5.74, 6) is -0.287. The molecule has 24 heavy (non-hydrogen) atoms. The highest BCUT2D eigenvalue weighted by Gasteiger charge is 2.14. The summed E-state index contributed by atoms with van der Waals surface area (Å²) in [5, 5.41) is 11.2. The Morgan fingerprint density at radius 1 is 1.08 bits per heavy atom. The fourth-order valence-electron chi connectivity index (χ4n) is 1.99. The van der Waals surface area contributed by atoms with E-state index in [-0.39, 0.29) is 17.3 Å². The monoisotopic (exact) mass is 343 g/mol. The van der Waals surface area contributed by atoms with Crippen LogP contribution in [0.2, 0.25) is 0 Å². The molecule has 2 aromatic carbocycles. The van der Waals surface area contributed by atoms with E-state index in [9.17, 15) is 13.2 Å². The zero-order valence-corrected chi connectivity index (χ0v) is 13.9. The molecule has 0 unspecified atom stereocenters. The number of amides is 1. The Morgan fingerprint density at radius 3 is 2.29 bits per heavy atom. The number of nitrogens with one attached hydrogen (secondary N) is 2. The number of nitrogens with zero attached hydrogens (tertiary/aromatic N) is 1. The van der Waals surface area contributed by atoms with Gasteiger partial charge in [-0.05, 0) is 36.8 Å². The lowest BCUT2D eigenvalue weighted by molar-refractivity contribution is 0.0951. The summed E-state index contributed by atoms with van der Waals surface area (Å²) in [4.78, 5) is 12.1. The molecule has 0 saturated heterocycles. The Bertz CT molecular complexity index is 851. The van der Waals surface area contributed by atoms with Gasteiger partial charge < -0.3 is 5.32 Å². The molecule has 0 fully saturated rings. The van der Waals surface area contributed by atoms with E-state index in [1.165, 1.54) is 24.3 Å². The highest BCUT2D eigenvalue weighted by molar-refractivity contribution is 7.89. The van der Waals surface area contributed by atoms with Gasteiger partial charge in [-0.3, -0.25) is 4.79 Å². The summed E-state index contributed by atoms with van der Waals surface area (Å²) in [6.07, 6.45) is 0. The minimum absolute atomic E-state index is 0.00725. The van der Waals surface area contributed by atoms with Crippen LogP contribution in [-0.2, 0) is 16.6 Å². The van der Waals surface area contributed by atoms with Gasteiger partial charge in [0.15, 0.2) is 0 Å². The van der Waals surface area contributed by atoms with E-state index in [0.717, 1.165) is 11.1 Å². The first-order valence-corrected chi connectivity index (χ1v) is 8.71. The Morgan fingerprint density at radius 2 is 1.71 bits per heavy atom. The number of hydrogen-bond acceptors (Lipinski definition) is 4. The molecule has 124 valence electrons. The van der Waals surface area contributed by atoms with E-state index < -0.39 is 10.0 Å². The topological polar surface area (TPSA) is 99.1 Å². The molecule has 0 heterocycles. The second-order valence-corrected chi connectivity index (χ2v) is 6.94. The molecule has 2 aromatic rings. The summed E-state index contributed by atoms with van der Waals surface area (Å²) in [5.41, 5.74) is 2.49. The van der Waals surface area contributed by atoms with Crippen molar-refractivity contribution in [3.05, 3.63) is 65.2 Å². The number of hydrogen-bond donors (Lipinski definition) is 2. The van der Waals surface area contributed by atoms with Crippen LogP contribution in [0.4, 0.5) is 0 Å². The SMILES string of the molecule is Cc1ccc(CNC(=O)c2ccc(S(=O)(=O)NCC#N)cc2)cc1. The molecule has 2 N–H and O–H groups in total. The number of rotatable bonds is 6. The van der Waals surface area contributed by atoms with Crippen molar-refractivity contribution < 1.29 is 13.2 Å². The van der Waals surface area contributed by atoms with Crippen molar-refractivity contribution in [3.63, 3.8) is 0 Å². The molecule has 0 aliphatic rings. The Balaban J connectivity index is 2.01. The third-order valence-corrected chi connectivity index (χ3v) is 4.76. The first kappa shape index (κ1) is 17.7. The van der Waals surface area contributed by atoms with Gasteiger partial charge in [0.05, 0.1) is 17.5 Å². The first-order chi connectivity index (χ1) is 11.4. The standard InChI is InChI=1S/C17H17N3O3S/c1-13-2-4-14(5-3-13)12-19-17(21)15-6-8-16(9-7-15)24(22,23)20-11-10-18/h2-9,20H,11-12H2,1H3,(H,19,21). The molecule has 0 aliphatic carbocycles. The number of aryl methyl sites for hydroxylation is 1. The zero-order chi connectivity index (χ0) is 17.6. The maximum absolute atomic E-state index is 12.1. The molecule has 1 amide bonds. The molecule has 0 radical (unpaired) electrons. The lowest BCUT2D eigenvalue weighted by Crippen LogP contribution is -2.25. The van der Waals surface area contributed by atoms with Crippen LogP contribution in [-0.4, -0.2) is 20.9 Å². The first-order valence-electron chi connectivity index (χ1n) is 7.23. The number of carbonyl (C=O) groups is 1. The predicted octanol–water partition coefficient (Wildman–Crippen LogP) is 1.73. The second kappa shape index (κ2) is 7.73. The molecule has 0 spiro atoms. The van der Waals surface area contributed by atoms with Crippen LogP contribution in [0.3, 0.4) is 0 Å². The van der Waals surface area contributed by atoms with Crippen molar-refractivity contribution in [2.24, 2.45) is 0 Å². The fourth-order valence-corrected chi connectivity index (χ4v) is 2.90. The van der Waals surface area contributed by atoms with Crippen molar-refractivity contribution >= 4 is 15.9 Å². The lowest BCUT2D eigenvalue weighted by atomic mass is 10.1. The molecule has 0 aliphatic heterocycles. The van der Waals surface area contributed by atoms with Crippen molar-refractivity contribution in [3.8, 4) is 6.07 Å². The van der Waals surface area contributed by atoms with Crippen LogP contribution >= 0.6 is 0 Å². The third-order valence-electron chi connectivity index (χ3n) is 3.34. The van der Waals surface area contributed by atoms with Gasteiger partial charge in [0.25, 0.3) is 5.91 Å². The largest absolute Gasteiger partial charge is 0.348 e. The zero-order valence-electron chi connectivity index (χ0n) is 13.1. The van der Waals surface area contributed by atoms with E-state index in [1.807, 2.05) is 31.2 Å². The number of benzene rings is 2. The summed E-state index contributed by atoms with van der Waals surface area (Å²) in [7, 11) is -3.73. The molecule has 2 rings (SSSR count). The van der Waals surface area contributed by atoms with Gasteiger partial charge in [-0.1, -0.05) is 29.8 Å². The van der Waals surface area contributed by atoms with Crippen LogP contribution < -0.4 is 10.0 Å². The lowest BCUT2D eigenvalue weighted by Gasteiger charge is -2.07. The fraction of sp³-hybridized carbons (Fsp3) is 0.176. The average Bonchev–Trinajstić information content (AvgIpc) is 2.59. The summed E-state index contributed by atoms with van der Waals surface area (Å²) < 4.78 is 25.8. The summed E-state index contributed by atoms with van der Waals surface area (Å²) >= 11 is 0. The van der Waals surface area contributed by atoms with Gasteiger partial charge in [0.1, 0.15) is 0 Å². The van der Waals surface area contributed by atoms with E-state index in [1.54, 1.807) is 6.07 Å². The predicted molar refractivity (Wildman–Crippen MR) is 89.6 cm³/mol. The van der Waals surface area contributed by atoms with E-state index in [2.05, 4.69) is 10.0 Å². The van der Waals surface area contributed by atoms with Crippen LogP contribution in [0.1, 0.15) is 21.5 Å². The summed E-state index contributed by atoms with van der Waals surface area (Å²) in [6, 6.07) is 15.1. The average molecular weight is 343 g/mol. The highest BCUT2D eigenvalue weighted by atomic mass is 32.2. The Hall–Kier alpha value is -2.69. The highest BCUT2D eigenvalue weighted by Crippen LogP contribution is 2.11. The Kier molecular flexibility index (Phi) is 5.68. The van der Waals surface area contributed by atoms with Crippen LogP contribution in [0, 0.1) is 18.3 Å². The van der Waals surface area contributed by atoms with E-state index in [0.29, 0.717) is 12.1 Å². The normalized spacial score (nSPS) is 10.8. The van der Waals surface area contributed by atoms with E-state index >= 15 is 0 Å². The second-order valence-electron chi connectivity index (χ2n) is 5.18. The maximum Gasteiger partial charge on any atom is 0.251 e. The number of carbonyl (C=O) groups excluding carboxylic acids is 1. The molecule has 0 saturated carbocycles. The number of sulfonamides is 1. The number of nitriles is 1.